The third-order valence-electron chi connectivity index (χ3n) is 1.07. The van der Waals surface area contributed by atoms with Gasteiger partial charge in [0.15, 0.2) is 0 Å². The molecule has 0 aliphatic carbocycles. The molecule has 0 amide bonds. The molecule has 0 aromatic carbocycles. The normalized spacial score (nSPS) is 13.8. The first-order valence-electron chi connectivity index (χ1n) is 3.21. The van der Waals surface area contributed by atoms with E-state index in [9.17, 15) is 0 Å². The summed E-state index contributed by atoms with van der Waals surface area (Å²) >= 11 is 0. The predicted octanol–water partition coefficient (Wildman–Crippen LogP) is 0.767. The highest BCUT2D eigenvalue weighted by molar-refractivity contribution is 7.61. The average molecular weight is 176 g/mol. The third-order valence-corrected chi connectivity index (χ3v) is 1.39. The van der Waals surface area contributed by atoms with Gasteiger partial charge in [0.2, 0.25) is 8.38 Å². The van der Waals surface area contributed by atoms with Gasteiger partial charge in [0.25, 0.3) is 0 Å². The maximum Gasteiger partial charge on any atom is 0.211 e. The Morgan fingerprint density at radius 2 is 2.09 bits per heavy atom. The number of nitrogens with two attached hydrogens (primary N) is 1. The molecule has 0 fully saturated rings. The molecule has 64 valence electrons. The maximum atomic E-state index is 8.48. The van der Waals surface area contributed by atoms with Crippen molar-refractivity contribution >= 4 is 14.3 Å². The summed E-state index contributed by atoms with van der Waals surface area (Å²) in [5.41, 5.74) is 5.88. The molecule has 0 aliphatic heterocycles. The van der Waals surface area contributed by atoms with Gasteiger partial charge in [-0.2, -0.15) is 0 Å². The van der Waals surface area contributed by atoms with Crippen molar-refractivity contribution in [2.24, 2.45) is 16.6 Å². The van der Waals surface area contributed by atoms with Gasteiger partial charge in [-0.1, -0.05) is 13.8 Å². The Balaban J connectivity index is 4.10. The Hall–Kier alpha value is -0.440. The maximum absolute atomic E-state index is 8.48. The third kappa shape index (κ3) is 4.90. The largest absolute Gasteiger partial charge is 0.403 e. The van der Waals surface area contributed by atoms with Crippen molar-refractivity contribution in [1.82, 2.24) is 0 Å². The molecule has 0 rings (SSSR count). The number of allylic oxidation sites excluding steroid dienone is 1. The molecule has 11 heavy (non-hydrogen) atoms. The molecule has 0 radical (unpaired) electrons. The van der Waals surface area contributed by atoms with Crippen LogP contribution in [-0.4, -0.2) is 15.7 Å². The standard InChI is InChI=1S/C6H13N2O2P/c1-5(2)6(3-7)8-4-11(9)10/h3-5,9-10H,7H2,1-2H3. The predicted molar refractivity (Wildman–Crippen MR) is 47.0 cm³/mol. The average Bonchev–Trinajstić information content (AvgIpc) is 1.87. The van der Waals surface area contributed by atoms with Crippen molar-refractivity contribution < 1.29 is 9.79 Å². The first-order valence-corrected chi connectivity index (χ1v) is 4.52. The molecule has 0 aliphatic rings. The SMILES string of the molecule is CC(C)C(=CN)N=CP(O)O. The van der Waals surface area contributed by atoms with Gasteiger partial charge in [0.05, 0.1) is 11.7 Å². The van der Waals surface area contributed by atoms with E-state index in [4.69, 9.17) is 15.5 Å². The highest BCUT2D eigenvalue weighted by atomic mass is 31.2. The highest BCUT2D eigenvalue weighted by Gasteiger charge is 1.99. The molecule has 5 heteroatoms. The summed E-state index contributed by atoms with van der Waals surface area (Å²) in [5.74, 6) is 1.29. The molecule has 4 N–H and O–H groups in total. The lowest BCUT2D eigenvalue weighted by atomic mass is 10.2. The minimum atomic E-state index is -2.05. The Bertz CT molecular complexity index is 166. The van der Waals surface area contributed by atoms with Gasteiger partial charge in [-0.15, -0.1) is 0 Å². The molecule has 0 unspecified atom stereocenters. The minimum Gasteiger partial charge on any atom is -0.403 e. The number of hydrogen-bond donors (Lipinski definition) is 3. The van der Waals surface area contributed by atoms with Crippen LogP contribution in [0.2, 0.25) is 0 Å². The lowest BCUT2D eigenvalue weighted by molar-refractivity contribution is 0.501. The van der Waals surface area contributed by atoms with E-state index in [0.717, 1.165) is 5.96 Å². The molecule has 0 bridgehead atoms. The Morgan fingerprint density at radius 3 is 2.36 bits per heavy atom. The van der Waals surface area contributed by atoms with E-state index in [0.29, 0.717) is 5.70 Å². The Morgan fingerprint density at radius 1 is 1.55 bits per heavy atom. The fraction of sp³-hybridized carbons (Fsp3) is 0.500. The summed E-state index contributed by atoms with van der Waals surface area (Å²) < 4.78 is 0. The zero-order chi connectivity index (χ0) is 8.85. The molecular formula is C6H13N2O2P. The van der Waals surface area contributed by atoms with Crippen LogP contribution in [0.5, 0.6) is 0 Å². The molecular weight excluding hydrogens is 163 g/mol. The Labute approximate surface area is 67.4 Å². The highest BCUT2D eigenvalue weighted by Crippen LogP contribution is 2.19. The number of nitrogens with zero attached hydrogens (tertiary/aromatic N) is 1. The van der Waals surface area contributed by atoms with Crippen molar-refractivity contribution in [3.05, 3.63) is 11.9 Å². The summed E-state index contributed by atoms with van der Waals surface area (Å²) in [6, 6.07) is 0. The smallest absolute Gasteiger partial charge is 0.211 e. The number of aliphatic imine (C=N–C) groups is 1. The van der Waals surface area contributed by atoms with Crippen LogP contribution in [0.15, 0.2) is 16.9 Å². The zero-order valence-electron chi connectivity index (χ0n) is 6.60. The summed E-state index contributed by atoms with van der Waals surface area (Å²) in [5, 5.41) is 0. The van der Waals surface area contributed by atoms with Gasteiger partial charge in [-0.05, 0) is 5.92 Å². The minimum absolute atomic E-state index is 0.200. The van der Waals surface area contributed by atoms with E-state index >= 15 is 0 Å². The quantitative estimate of drug-likeness (QED) is 0.439. The monoisotopic (exact) mass is 176 g/mol. The second-order valence-electron chi connectivity index (χ2n) is 2.31. The first kappa shape index (κ1) is 10.6. The van der Waals surface area contributed by atoms with Crippen molar-refractivity contribution in [3.8, 4) is 0 Å². The lowest BCUT2D eigenvalue weighted by Gasteiger charge is -2.03. The van der Waals surface area contributed by atoms with Crippen molar-refractivity contribution in [3.63, 3.8) is 0 Å². The first-order chi connectivity index (χ1) is 5.07. The van der Waals surface area contributed by atoms with Gasteiger partial charge in [-0.25, -0.2) is 0 Å². The van der Waals surface area contributed by atoms with Crippen LogP contribution >= 0.6 is 8.38 Å². The fourth-order valence-electron chi connectivity index (χ4n) is 0.503. The van der Waals surface area contributed by atoms with Crippen molar-refractivity contribution in [2.75, 3.05) is 0 Å². The van der Waals surface area contributed by atoms with Crippen LogP contribution in [0.25, 0.3) is 0 Å². The van der Waals surface area contributed by atoms with E-state index in [1.54, 1.807) is 0 Å². The molecule has 0 saturated heterocycles. The Kier molecular flexibility index (Phi) is 5.03. The van der Waals surface area contributed by atoms with Gasteiger partial charge < -0.3 is 15.5 Å². The summed E-state index contributed by atoms with van der Waals surface area (Å²) in [6.07, 6.45) is 1.36. The van der Waals surface area contributed by atoms with Crippen molar-refractivity contribution in [2.45, 2.75) is 13.8 Å². The van der Waals surface area contributed by atoms with Gasteiger partial charge in [-0.3, -0.25) is 4.99 Å². The van der Waals surface area contributed by atoms with Crippen LogP contribution in [0.4, 0.5) is 0 Å². The second-order valence-corrected chi connectivity index (χ2v) is 3.18. The van der Waals surface area contributed by atoms with E-state index in [1.807, 2.05) is 13.8 Å². The molecule has 0 spiro atoms. The summed E-state index contributed by atoms with van der Waals surface area (Å²) in [6.45, 7) is 3.85. The van der Waals surface area contributed by atoms with E-state index in [-0.39, 0.29) is 5.92 Å². The van der Waals surface area contributed by atoms with E-state index in [1.165, 1.54) is 6.20 Å². The number of hydrogen-bond acceptors (Lipinski definition) is 4. The zero-order valence-corrected chi connectivity index (χ0v) is 7.49. The van der Waals surface area contributed by atoms with Crippen molar-refractivity contribution in [1.29, 1.82) is 0 Å². The van der Waals surface area contributed by atoms with Gasteiger partial charge >= 0.3 is 0 Å². The van der Waals surface area contributed by atoms with E-state index in [2.05, 4.69) is 4.99 Å². The van der Waals surface area contributed by atoms with Crippen LogP contribution in [0.3, 0.4) is 0 Å². The topological polar surface area (TPSA) is 78.8 Å². The molecule has 0 saturated carbocycles. The summed E-state index contributed by atoms with van der Waals surface area (Å²) in [7, 11) is -2.05. The summed E-state index contributed by atoms with van der Waals surface area (Å²) in [4.78, 5) is 20.7. The van der Waals surface area contributed by atoms with Crippen LogP contribution in [0, 0.1) is 5.92 Å². The second kappa shape index (κ2) is 5.24. The lowest BCUT2D eigenvalue weighted by Crippen LogP contribution is -1.95. The number of rotatable bonds is 3. The van der Waals surface area contributed by atoms with E-state index < -0.39 is 8.38 Å². The molecule has 0 aromatic rings. The van der Waals surface area contributed by atoms with Crippen LogP contribution in [0.1, 0.15) is 13.8 Å². The van der Waals surface area contributed by atoms with Crippen LogP contribution in [-0.2, 0) is 0 Å². The molecule has 4 nitrogen and oxygen atoms in total. The van der Waals surface area contributed by atoms with Gasteiger partial charge in [0.1, 0.15) is 0 Å². The molecule has 0 aromatic heterocycles. The van der Waals surface area contributed by atoms with Gasteiger partial charge in [0, 0.05) is 6.20 Å². The molecule has 0 heterocycles. The van der Waals surface area contributed by atoms with Crippen LogP contribution < -0.4 is 5.73 Å². The molecule has 0 atom stereocenters. The fourth-order valence-corrected chi connectivity index (χ4v) is 0.739.